The van der Waals surface area contributed by atoms with Gasteiger partial charge in [-0.05, 0) is 12.1 Å². The quantitative estimate of drug-likeness (QED) is 0.929. The minimum atomic E-state index is -0.484. The van der Waals surface area contributed by atoms with Gasteiger partial charge in [-0.25, -0.2) is 14.1 Å². The standard InChI is InChI=1S/C15H17FN4O2/c1-9(2)14-17-13(15(22)19-7-10(21)8-19)18-20(14)12-6-4-3-5-11(12)16/h3-6,9-10,21H,7-8H2,1-2H3. The Labute approximate surface area is 127 Å². The van der Waals surface area contributed by atoms with Gasteiger partial charge < -0.3 is 10.0 Å². The molecule has 0 unspecified atom stereocenters. The normalized spacial score (nSPS) is 15.2. The van der Waals surface area contributed by atoms with E-state index < -0.39 is 11.9 Å². The van der Waals surface area contributed by atoms with E-state index in [9.17, 15) is 14.3 Å². The Morgan fingerprint density at radius 2 is 2.05 bits per heavy atom. The molecule has 1 saturated heterocycles. The van der Waals surface area contributed by atoms with E-state index in [-0.39, 0.29) is 36.4 Å². The number of aliphatic hydroxyl groups is 1. The molecule has 0 atom stereocenters. The molecule has 2 aromatic rings. The van der Waals surface area contributed by atoms with Gasteiger partial charge in [0.15, 0.2) is 0 Å². The van der Waals surface area contributed by atoms with Gasteiger partial charge in [-0.1, -0.05) is 26.0 Å². The highest BCUT2D eigenvalue weighted by molar-refractivity contribution is 5.91. The maximum atomic E-state index is 14.0. The molecule has 0 saturated carbocycles. The summed E-state index contributed by atoms with van der Waals surface area (Å²) in [5.41, 5.74) is 0.265. The van der Waals surface area contributed by atoms with Crippen molar-refractivity contribution in [2.24, 2.45) is 0 Å². The van der Waals surface area contributed by atoms with E-state index in [4.69, 9.17) is 0 Å². The number of carbonyl (C=O) groups is 1. The number of hydrogen-bond donors (Lipinski definition) is 1. The first kappa shape index (κ1) is 14.6. The zero-order chi connectivity index (χ0) is 15.9. The molecular formula is C15H17FN4O2. The SMILES string of the molecule is CC(C)c1nc(C(=O)N2CC(O)C2)nn1-c1ccccc1F. The molecule has 2 heterocycles. The monoisotopic (exact) mass is 304 g/mol. The third-order valence-electron chi connectivity index (χ3n) is 3.57. The van der Waals surface area contributed by atoms with Crippen molar-refractivity contribution < 1.29 is 14.3 Å². The zero-order valence-electron chi connectivity index (χ0n) is 12.4. The van der Waals surface area contributed by atoms with Crippen LogP contribution in [0.25, 0.3) is 5.69 Å². The van der Waals surface area contributed by atoms with Gasteiger partial charge >= 0.3 is 0 Å². The number of hydrogen-bond acceptors (Lipinski definition) is 4. The third kappa shape index (κ3) is 2.48. The van der Waals surface area contributed by atoms with E-state index in [0.29, 0.717) is 5.82 Å². The Morgan fingerprint density at radius 1 is 1.36 bits per heavy atom. The molecule has 1 aliphatic rings. The first-order valence-corrected chi connectivity index (χ1v) is 7.16. The minimum absolute atomic E-state index is 0.0179. The van der Waals surface area contributed by atoms with Crippen LogP contribution in [0.1, 0.15) is 36.2 Å². The van der Waals surface area contributed by atoms with Crippen LogP contribution in [0.5, 0.6) is 0 Å². The Balaban J connectivity index is 2.00. The summed E-state index contributed by atoms with van der Waals surface area (Å²) >= 11 is 0. The Kier molecular flexibility index (Phi) is 3.66. The van der Waals surface area contributed by atoms with Crippen molar-refractivity contribution in [1.82, 2.24) is 19.7 Å². The number of likely N-dealkylation sites (tertiary alicyclic amines) is 1. The molecule has 116 valence electrons. The lowest BCUT2D eigenvalue weighted by Gasteiger charge is -2.34. The summed E-state index contributed by atoms with van der Waals surface area (Å²) in [7, 11) is 0. The molecule has 1 aromatic heterocycles. The lowest BCUT2D eigenvalue weighted by molar-refractivity contribution is 0.00508. The predicted molar refractivity (Wildman–Crippen MR) is 77.3 cm³/mol. The van der Waals surface area contributed by atoms with Crippen LogP contribution >= 0.6 is 0 Å². The Hall–Kier alpha value is -2.28. The number of carbonyl (C=O) groups excluding carboxylic acids is 1. The van der Waals surface area contributed by atoms with Crippen LogP contribution in [0.15, 0.2) is 24.3 Å². The molecule has 3 rings (SSSR count). The van der Waals surface area contributed by atoms with E-state index in [2.05, 4.69) is 10.1 Å². The number of rotatable bonds is 3. The summed E-state index contributed by atoms with van der Waals surface area (Å²) in [5, 5.41) is 13.5. The largest absolute Gasteiger partial charge is 0.389 e. The van der Waals surface area contributed by atoms with Crippen LogP contribution in [0.3, 0.4) is 0 Å². The van der Waals surface area contributed by atoms with Crippen molar-refractivity contribution in [1.29, 1.82) is 0 Å². The zero-order valence-corrected chi connectivity index (χ0v) is 12.4. The van der Waals surface area contributed by atoms with Crippen molar-refractivity contribution in [3.05, 3.63) is 41.7 Å². The van der Waals surface area contributed by atoms with Gasteiger partial charge in [0.2, 0.25) is 5.82 Å². The second kappa shape index (κ2) is 5.49. The van der Waals surface area contributed by atoms with Gasteiger partial charge in [-0.15, -0.1) is 5.10 Å². The van der Waals surface area contributed by atoms with Gasteiger partial charge in [0, 0.05) is 19.0 Å². The van der Waals surface area contributed by atoms with E-state index in [1.807, 2.05) is 13.8 Å². The van der Waals surface area contributed by atoms with Crippen LogP contribution < -0.4 is 0 Å². The van der Waals surface area contributed by atoms with Gasteiger partial charge in [-0.2, -0.15) is 0 Å². The minimum Gasteiger partial charge on any atom is -0.389 e. The summed E-state index contributed by atoms with van der Waals surface area (Å²) in [6, 6.07) is 6.24. The summed E-state index contributed by atoms with van der Waals surface area (Å²) < 4.78 is 15.4. The van der Waals surface area contributed by atoms with Gasteiger partial charge in [0.25, 0.3) is 5.91 Å². The maximum absolute atomic E-state index is 14.0. The molecule has 22 heavy (non-hydrogen) atoms. The second-order valence-electron chi connectivity index (χ2n) is 5.68. The van der Waals surface area contributed by atoms with Crippen molar-refractivity contribution in [3.63, 3.8) is 0 Å². The predicted octanol–water partition coefficient (Wildman–Crippen LogP) is 1.35. The van der Waals surface area contributed by atoms with Crippen molar-refractivity contribution in [2.45, 2.75) is 25.9 Å². The van der Waals surface area contributed by atoms with Crippen molar-refractivity contribution in [2.75, 3.05) is 13.1 Å². The van der Waals surface area contributed by atoms with Crippen LogP contribution in [0.4, 0.5) is 4.39 Å². The number of β-amino-alcohol motifs (C(OH)–C–C–N with tert-alkyl or cyclic N) is 1. The van der Waals surface area contributed by atoms with E-state index >= 15 is 0 Å². The molecule has 6 nitrogen and oxygen atoms in total. The molecule has 1 aromatic carbocycles. The highest BCUT2D eigenvalue weighted by Gasteiger charge is 2.32. The van der Waals surface area contributed by atoms with E-state index in [0.717, 1.165) is 0 Å². The summed E-state index contributed by atoms with van der Waals surface area (Å²) in [5.74, 6) is -0.237. The molecule has 0 spiro atoms. The number of para-hydroxylation sites is 1. The number of nitrogens with zero attached hydrogens (tertiary/aromatic N) is 4. The lowest BCUT2D eigenvalue weighted by atomic mass is 10.1. The molecule has 1 N–H and O–H groups in total. The molecule has 0 bridgehead atoms. The van der Waals surface area contributed by atoms with Crippen LogP contribution in [-0.4, -0.2) is 49.9 Å². The average Bonchev–Trinajstić information content (AvgIpc) is 2.89. The van der Waals surface area contributed by atoms with Gasteiger partial charge in [0.05, 0.1) is 6.10 Å². The summed E-state index contributed by atoms with van der Waals surface area (Å²) in [4.78, 5) is 18.0. The number of benzene rings is 1. The van der Waals surface area contributed by atoms with Crippen LogP contribution in [0, 0.1) is 5.82 Å². The number of halogens is 1. The topological polar surface area (TPSA) is 71.2 Å². The molecule has 0 aliphatic carbocycles. The fourth-order valence-corrected chi connectivity index (χ4v) is 2.35. The average molecular weight is 304 g/mol. The smallest absolute Gasteiger partial charge is 0.293 e. The molecule has 1 aliphatic heterocycles. The van der Waals surface area contributed by atoms with Crippen molar-refractivity contribution >= 4 is 5.91 Å². The highest BCUT2D eigenvalue weighted by Crippen LogP contribution is 2.21. The first-order valence-electron chi connectivity index (χ1n) is 7.16. The van der Waals surface area contributed by atoms with Crippen LogP contribution in [-0.2, 0) is 0 Å². The highest BCUT2D eigenvalue weighted by atomic mass is 19.1. The molecule has 1 fully saturated rings. The number of aromatic nitrogens is 3. The van der Waals surface area contributed by atoms with E-state index in [1.165, 1.54) is 15.6 Å². The number of amides is 1. The number of aliphatic hydroxyl groups excluding tert-OH is 1. The van der Waals surface area contributed by atoms with Crippen molar-refractivity contribution in [3.8, 4) is 5.69 Å². The fourth-order valence-electron chi connectivity index (χ4n) is 2.35. The summed E-state index contributed by atoms with van der Waals surface area (Å²) in [6.45, 7) is 4.38. The Morgan fingerprint density at radius 3 is 2.64 bits per heavy atom. The van der Waals surface area contributed by atoms with E-state index in [1.54, 1.807) is 18.2 Å². The second-order valence-corrected chi connectivity index (χ2v) is 5.68. The van der Waals surface area contributed by atoms with Crippen LogP contribution in [0.2, 0.25) is 0 Å². The third-order valence-corrected chi connectivity index (χ3v) is 3.57. The van der Waals surface area contributed by atoms with Gasteiger partial charge in [0.1, 0.15) is 17.3 Å². The maximum Gasteiger partial charge on any atom is 0.293 e. The molecular weight excluding hydrogens is 287 g/mol. The lowest BCUT2D eigenvalue weighted by Crippen LogP contribution is -2.53. The first-order chi connectivity index (χ1) is 10.5. The fraction of sp³-hybridized carbons (Fsp3) is 0.400. The summed E-state index contributed by atoms with van der Waals surface area (Å²) in [6.07, 6.45) is -0.484. The Bertz CT molecular complexity index is 707. The van der Waals surface area contributed by atoms with Gasteiger partial charge in [-0.3, -0.25) is 4.79 Å². The molecule has 7 heteroatoms. The molecule has 1 amide bonds. The molecule has 0 radical (unpaired) electrons.